The standard InChI is InChI=1S/C19H23NO/c1-13-9-10-14(2)16(11-13)20-17-12-19(3,4)21-18-8-6-5-7-15(17)18/h5-11,17,20H,12H2,1-4H3. The van der Waals surface area contributed by atoms with Gasteiger partial charge in [0.05, 0.1) is 6.04 Å². The van der Waals surface area contributed by atoms with Crippen LogP contribution in [0.2, 0.25) is 0 Å². The summed E-state index contributed by atoms with van der Waals surface area (Å²) in [5.41, 5.74) is 4.87. The molecule has 0 saturated carbocycles. The van der Waals surface area contributed by atoms with Crippen LogP contribution >= 0.6 is 0 Å². The van der Waals surface area contributed by atoms with Crippen LogP contribution in [-0.2, 0) is 0 Å². The molecular formula is C19H23NO. The Balaban J connectivity index is 1.96. The maximum atomic E-state index is 6.10. The number of hydrogen-bond acceptors (Lipinski definition) is 2. The van der Waals surface area contributed by atoms with Crippen molar-refractivity contribution >= 4 is 5.69 Å². The Kier molecular flexibility index (Phi) is 3.40. The number of rotatable bonds is 2. The third kappa shape index (κ3) is 2.90. The molecule has 1 N–H and O–H groups in total. The summed E-state index contributed by atoms with van der Waals surface area (Å²) in [7, 11) is 0. The van der Waals surface area contributed by atoms with E-state index in [0.717, 1.165) is 12.2 Å². The van der Waals surface area contributed by atoms with Crippen LogP contribution in [0.5, 0.6) is 5.75 Å². The highest BCUT2D eigenvalue weighted by Crippen LogP contribution is 2.41. The van der Waals surface area contributed by atoms with Crippen LogP contribution in [0.1, 0.15) is 43.0 Å². The molecule has 2 nitrogen and oxygen atoms in total. The fourth-order valence-corrected chi connectivity index (χ4v) is 3.01. The van der Waals surface area contributed by atoms with Crippen molar-refractivity contribution in [2.24, 2.45) is 0 Å². The summed E-state index contributed by atoms with van der Waals surface area (Å²) in [5, 5.41) is 3.72. The lowest BCUT2D eigenvalue weighted by Crippen LogP contribution is -2.37. The summed E-state index contributed by atoms with van der Waals surface area (Å²) in [6, 6.07) is 15.2. The summed E-state index contributed by atoms with van der Waals surface area (Å²) in [6.45, 7) is 8.59. The van der Waals surface area contributed by atoms with E-state index in [0.29, 0.717) is 0 Å². The molecule has 0 fully saturated rings. The van der Waals surface area contributed by atoms with E-state index in [1.54, 1.807) is 0 Å². The molecule has 1 atom stereocenters. The predicted molar refractivity (Wildman–Crippen MR) is 88.0 cm³/mol. The molecular weight excluding hydrogens is 258 g/mol. The second-order valence-electron chi connectivity index (χ2n) is 6.62. The molecule has 21 heavy (non-hydrogen) atoms. The fourth-order valence-electron chi connectivity index (χ4n) is 3.01. The lowest BCUT2D eigenvalue weighted by Gasteiger charge is -2.38. The molecule has 2 aromatic carbocycles. The molecule has 3 rings (SSSR count). The fraction of sp³-hybridized carbons (Fsp3) is 0.368. The average Bonchev–Trinajstić information content (AvgIpc) is 2.41. The Morgan fingerprint density at radius 2 is 1.86 bits per heavy atom. The molecule has 0 spiro atoms. The second-order valence-corrected chi connectivity index (χ2v) is 6.62. The van der Waals surface area contributed by atoms with Gasteiger partial charge in [0, 0.05) is 17.7 Å². The average molecular weight is 281 g/mol. The first-order chi connectivity index (χ1) is 9.94. The van der Waals surface area contributed by atoms with Gasteiger partial charge < -0.3 is 10.1 Å². The summed E-state index contributed by atoms with van der Waals surface area (Å²) in [4.78, 5) is 0. The molecule has 0 bridgehead atoms. The Morgan fingerprint density at radius 1 is 1.10 bits per heavy atom. The highest BCUT2D eigenvalue weighted by Gasteiger charge is 2.33. The van der Waals surface area contributed by atoms with Gasteiger partial charge in [0.25, 0.3) is 0 Å². The number of ether oxygens (including phenoxy) is 1. The van der Waals surface area contributed by atoms with Gasteiger partial charge in [-0.3, -0.25) is 0 Å². The molecule has 0 amide bonds. The van der Waals surface area contributed by atoms with Crippen LogP contribution in [-0.4, -0.2) is 5.60 Å². The van der Waals surface area contributed by atoms with Crippen molar-refractivity contribution in [2.75, 3.05) is 5.32 Å². The third-order valence-electron chi connectivity index (χ3n) is 4.10. The van der Waals surface area contributed by atoms with Gasteiger partial charge in [-0.25, -0.2) is 0 Å². The number of para-hydroxylation sites is 1. The number of aryl methyl sites for hydroxylation is 2. The van der Waals surface area contributed by atoms with Crippen molar-refractivity contribution in [1.82, 2.24) is 0 Å². The minimum Gasteiger partial charge on any atom is -0.487 e. The van der Waals surface area contributed by atoms with E-state index in [-0.39, 0.29) is 11.6 Å². The Bertz CT molecular complexity index is 660. The lowest BCUT2D eigenvalue weighted by atomic mass is 9.89. The van der Waals surface area contributed by atoms with Crippen molar-refractivity contribution < 1.29 is 4.74 Å². The van der Waals surface area contributed by atoms with E-state index < -0.39 is 0 Å². The summed E-state index contributed by atoms with van der Waals surface area (Å²) in [5.74, 6) is 0.997. The number of anilines is 1. The SMILES string of the molecule is Cc1ccc(C)c(NC2CC(C)(C)Oc3ccccc32)c1. The lowest BCUT2D eigenvalue weighted by molar-refractivity contribution is 0.0759. The number of nitrogens with one attached hydrogen (secondary N) is 1. The van der Waals surface area contributed by atoms with Crippen LogP contribution in [0.15, 0.2) is 42.5 Å². The van der Waals surface area contributed by atoms with Crippen molar-refractivity contribution in [3.8, 4) is 5.75 Å². The molecule has 0 saturated heterocycles. The van der Waals surface area contributed by atoms with Crippen LogP contribution in [0.4, 0.5) is 5.69 Å². The molecule has 0 aromatic heterocycles. The molecule has 2 heteroatoms. The third-order valence-corrected chi connectivity index (χ3v) is 4.10. The van der Waals surface area contributed by atoms with Gasteiger partial charge in [0.15, 0.2) is 0 Å². The highest BCUT2D eigenvalue weighted by molar-refractivity contribution is 5.55. The van der Waals surface area contributed by atoms with Gasteiger partial charge in [-0.1, -0.05) is 30.3 Å². The summed E-state index contributed by atoms with van der Waals surface area (Å²) >= 11 is 0. The van der Waals surface area contributed by atoms with Gasteiger partial charge in [0.1, 0.15) is 11.4 Å². The summed E-state index contributed by atoms with van der Waals surface area (Å²) in [6.07, 6.45) is 0.956. The zero-order valence-corrected chi connectivity index (χ0v) is 13.2. The monoisotopic (exact) mass is 281 g/mol. The Labute approximate surface area is 127 Å². The van der Waals surface area contributed by atoms with Crippen molar-refractivity contribution in [1.29, 1.82) is 0 Å². The van der Waals surface area contributed by atoms with E-state index >= 15 is 0 Å². The van der Waals surface area contributed by atoms with Gasteiger partial charge in [-0.15, -0.1) is 0 Å². The minimum atomic E-state index is -0.149. The first-order valence-corrected chi connectivity index (χ1v) is 7.56. The maximum absolute atomic E-state index is 6.10. The molecule has 1 aliphatic rings. The van der Waals surface area contributed by atoms with E-state index in [4.69, 9.17) is 4.74 Å². The van der Waals surface area contributed by atoms with Crippen molar-refractivity contribution in [3.63, 3.8) is 0 Å². The van der Waals surface area contributed by atoms with E-state index in [9.17, 15) is 0 Å². The number of hydrogen-bond donors (Lipinski definition) is 1. The minimum absolute atomic E-state index is 0.149. The van der Waals surface area contributed by atoms with Gasteiger partial charge in [-0.2, -0.15) is 0 Å². The Hall–Kier alpha value is -1.96. The molecule has 1 unspecified atom stereocenters. The van der Waals surface area contributed by atoms with Gasteiger partial charge in [-0.05, 0) is 51.0 Å². The number of benzene rings is 2. The normalized spacial score (nSPS) is 19.5. The first-order valence-electron chi connectivity index (χ1n) is 7.56. The molecule has 110 valence electrons. The summed E-state index contributed by atoms with van der Waals surface area (Å²) < 4.78 is 6.10. The van der Waals surface area contributed by atoms with Gasteiger partial charge in [0.2, 0.25) is 0 Å². The smallest absolute Gasteiger partial charge is 0.125 e. The first kappa shape index (κ1) is 14.0. The molecule has 0 radical (unpaired) electrons. The molecule has 1 heterocycles. The second kappa shape index (κ2) is 5.10. The predicted octanol–water partition coefficient (Wildman–Crippen LogP) is 5.02. The van der Waals surface area contributed by atoms with Crippen LogP contribution in [0, 0.1) is 13.8 Å². The van der Waals surface area contributed by atoms with Crippen LogP contribution in [0.3, 0.4) is 0 Å². The topological polar surface area (TPSA) is 21.3 Å². The zero-order valence-electron chi connectivity index (χ0n) is 13.2. The van der Waals surface area contributed by atoms with Crippen molar-refractivity contribution in [2.45, 2.75) is 45.8 Å². The quantitative estimate of drug-likeness (QED) is 0.834. The number of fused-ring (bicyclic) bond motifs is 1. The molecule has 1 aliphatic heterocycles. The highest BCUT2D eigenvalue weighted by atomic mass is 16.5. The van der Waals surface area contributed by atoms with Crippen LogP contribution in [0.25, 0.3) is 0 Å². The van der Waals surface area contributed by atoms with E-state index in [1.165, 1.54) is 22.4 Å². The largest absolute Gasteiger partial charge is 0.487 e. The van der Waals surface area contributed by atoms with Crippen molar-refractivity contribution in [3.05, 3.63) is 59.2 Å². The maximum Gasteiger partial charge on any atom is 0.125 e. The zero-order chi connectivity index (χ0) is 15.0. The molecule has 2 aromatic rings. The Morgan fingerprint density at radius 3 is 2.67 bits per heavy atom. The van der Waals surface area contributed by atoms with E-state index in [2.05, 4.69) is 69.4 Å². The van der Waals surface area contributed by atoms with Gasteiger partial charge >= 0.3 is 0 Å². The molecule has 0 aliphatic carbocycles. The van der Waals surface area contributed by atoms with Crippen LogP contribution < -0.4 is 10.1 Å². The van der Waals surface area contributed by atoms with E-state index in [1.807, 2.05) is 6.07 Å².